The van der Waals surface area contributed by atoms with Crippen LogP contribution in [0.1, 0.15) is 46.7 Å². The number of rotatable bonds is 9. The van der Waals surface area contributed by atoms with Crippen molar-refractivity contribution >= 4 is 11.6 Å². The molecule has 2 N–H and O–H groups in total. The number of aromatic nitrogens is 6. The number of benzene rings is 1. The maximum atomic E-state index is 13.7. The Morgan fingerprint density at radius 2 is 1.90 bits per heavy atom. The number of carbonyl (C=O) groups is 1. The van der Waals surface area contributed by atoms with Gasteiger partial charge in [0.25, 0.3) is 5.91 Å². The van der Waals surface area contributed by atoms with Crippen molar-refractivity contribution in [1.82, 2.24) is 35.1 Å². The predicted molar refractivity (Wildman–Crippen MR) is 143 cm³/mol. The third-order valence-corrected chi connectivity index (χ3v) is 6.39. The molecule has 0 fully saturated rings. The number of nitrogens with zero attached hydrogens (tertiary/aromatic N) is 6. The number of ether oxygens (including phenoxy) is 1. The average molecular weight is 557 g/mol. The zero-order valence-corrected chi connectivity index (χ0v) is 23.1. The summed E-state index contributed by atoms with van der Waals surface area (Å²) in [6.45, 7) is 8.38. The first-order valence-electron chi connectivity index (χ1n) is 12.6. The van der Waals surface area contributed by atoms with E-state index in [0.717, 1.165) is 23.4 Å². The van der Waals surface area contributed by atoms with Crippen LogP contribution in [0.4, 0.5) is 18.9 Å². The number of aryl methyl sites for hydroxylation is 2. The molecule has 4 aromatic rings. The Hall–Kier alpha value is -4.26. The second-order valence-corrected chi connectivity index (χ2v) is 9.84. The largest absolute Gasteiger partial charge is 0.494 e. The lowest BCUT2D eigenvalue weighted by molar-refractivity contribution is -0.137. The van der Waals surface area contributed by atoms with Gasteiger partial charge < -0.3 is 15.4 Å². The molecule has 0 aliphatic rings. The molecule has 1 aromatic carbocycles. The van der Waals surface area contributed by atoms with Crippen LogP contribution in [0.3, 0.4) is 0 Å². The third-order valence-electron chi connectivity index (χ3n) is 6.39. The molecule has 3 heterocycles. The van der Waals surface area contributed by atoms with Crippen LogP contribution in [-0.4, -0.2) is 49.3 Å². The molecule has 212 valence electrons. The number of nitrogens with one attached hydrogen (secondary N) is 2. The topological polar surface area (TPSA) is 112 Å². The minimum absolute atomic E-state index is 0.0964. The van der Waals surface area contributed by atoms with Crippen molar-refractivity contribution in [2.75, 3.05) is 19.0 Å². The summed E-state index contributed by atoms with van der Waals surface area (Å²) in [5, 5.41) is 18.3. The first kappa shape index (κ1) is 28.7. The fourth-order valence-electron chi connectivity index (χ4n) is 4.14. The smallest absolute Gasteiger partial charge is 0.416 e. The number of pyridine rings is 1. The molecule has 0 saturated carbocycles. The standard InChI is InChI=1S/C27H31F3N8O2/c1-15(2)10-31-11-18-7-20(27(28,29)30)9-22(25(18)40-6)34-26(39)19-8-24(16(3)32-12-19)38-14-23(35-36-38)21-13-33-37(5)17(21)4/h7-9,12-15,31H,10-11H2,1-6H3,(H,34,39). The fraction of sp³-hybridized carbons (Fsp3) is 0.370. The molecule has 0 unspecified atom stereocenters. The highest BCUT2D eigenvalue weighted by Gasteiger charge is 2.33. The van der Waals surface area contributed by atoms with E-state index in [-0.39, 0.29) is 29.1 Å². The highest BCUT2D eigenvalue weighted by atomic mass is 19.4. The minimum atomic E-state index is -4.62. The molecule has 0 radical (unpaired) electrons. The average Bonchev–Trinajstić information content (AvgIpc) is 3.50. The zero-order valence-electron chi connectivity index (χ0n) is 23.1. The van der Waals surface area contributed by atoms with Crippen LogP contribution in [0.5, 0.6) is 5.75 Å². The highest BCUT2D eigenvalue weighted by Crippen LogP contribution is 2.38. The van der Waals surface area contributed by atoms with Crippen LogP contribution in [0.15, 0.2) is 36.8 Å². The Morgan fingerprint density at radius 3 is 2.52 bits per heavy atom. The Labute approximate surface area is 229 Å². The molecule has 0 aliphatic heterocycles. The minimum Gasteiger partial charge on any atom is -0.494 e. The Balaban J connectivity index is 1.65. The van der Waals surface area contributed by atoms with E-state index in [4.69, 9.17) is 4.74 Å². The van der Waals surface area contributed by atoms with Gasteiger partial charge in [-0.3, -0.25) is 14.5 Å². The van der Waals surface area contributed by atoms with Crippen LogP contribution in [0.2, 0.25) is 0 Å². The first-order valence-corrected chi connectivity index (χ1v) is 12.6. The molecule has 4 rings (SSSR count). The Morgan fingerprint density at radius 1 is 1.15 bits per heavy atom. The van der Waals surface area contributed by atoms with Gasteiger partial charge in [0.05, 0.1) is 47.7 Å². The van der Waals surface area contributed by atoms with Crippen molar-refractivity contribution in [1.29, 1.82) is 0 Å². The molecular weight excluding hydrogens is 525 g/mol. The van der Waals surface area contributed by atoms with E-state index < -0.39 is 17.6 Å². The van der Waals surface area contributed by atoms with Crippen molar-refractivity contribution in [3.8, 4) is 22.7 Å². The predicted octanol–water partition coefficient (Wildman–Crippen LogP) is 4.70. The number of hydrogen-bond donors (Lipinski definition) is 2. The second-order valence-electron chi connectivity index (χ2n) is 9.84. The number of methoxy groups -OCH3 is 1. The third kappa shape index (κ3) is 6.14. The molecule has 3 aromatic heterocycles. The molecule has 10 nitrogen and oxygen atoms in total. The lowest BCUT2D eigenvalue weighted by atomic mass is 10.1. The van der Waals surface area contributed by atoms with E-state index in [1.165, 1.54) is 18.0 Å². The molecule has 1 amide bonds. The Kier molecular flexibility index (Phi) is 8.24. The number of alkyl halides is 3. The van der Waals surface area contributed by atoms with Crippen LogP contribution >= 0.6 is 0 Å². The van der Waals surface area contributed by atoms with Crippen molar-refractivity contribution < 1.29 is 22.7 Å². The van der Waals surface area contributed by atoms with Gasteiger partial charge in [-0.25, -0.2) is 4.68 Å². The van der Waals surface area contributed by atoms with Gasteiger partial charge in [-0.1, -0.05) is 19.1 Å². The summed E-state index contributed by atoms with van der Waals surface area (Å²) in [7, 11) is 3.17. The summed E-state index contributed by atoms with van der Waals surface area (Å²) in [5.41, 5.74) is 2.77. The van der Waals surface area contributed by atoms with Gasteiger partial charge in [-0.05, 0) is 44.5 Å². The molecule has 0 bridgehead atoms. The van der Waals surface area contributed by atoms with Gasteiger partial charge in [0.1, 0.15) is 11.4 Å². The van der Waals surface area contributed by atoms with Gasteiger partial charge in [0.15, 0.2) is 0 Å². The normalized spacial score (nSPS) is 11.8. The second kappa shape index (κ2) is 11.5. The van der Waals surface area contributed by atoms with Crippen molar-refractivity contribution in [3.63, 3.8) is 0 Å². The SMILES string of the molecule is COc1c(CNCC(C)C)cc(C(F)(F)F)cc1NC(=O)c1cnc(C)c(-n2cc(-c3cnn(C)c3C)nn2)c1. The van der Waals surface area contributed by atoms with Gasteiger partial charge in [-0.15, -0.1) is 5.10 Å². The van der Waals surface area contributed by atoms with Crippen molar-refractivity contribution in [2.45, 2.75) is 40.4 Å². The lowest BCUT2D eigenvalue weighted by Gasteiger charge is -2.19. The van der Waals surface area contributed by atoms with Crippen molar-refractivity contribution in [2.24, 2.45) is 13.0 Å². The lowest BCUT2D eigenvalue weighted by Crippen LogP contribution is -2.21. The van der Waals surface area contributed by atoms with E-state index in [9.17, 15) is 18.0 Å². The molecule has 0 aliphatic carbocycles. The molecule has 0 spiro atoms. The van der Waals surface area contributed by atoms with Gasteiger partial charge in [-0.2, -0.15) is 18.3 Å². The number of carbonyl (C=O) groups excluding carboxylic acids is 1. The Bertz CT molecular complexity index is 1520. The van der Waals surface area contributed by atoms with Gasteiger partial charge in [0.2, 0.25) is 0 Å². The van der Waals surface area contributed by atoms with E-state index in [1.54, 1.807) is 30.1 Å². The fourth-order valence-corrected chi connectivity index (χ4v) is 4.14. The van der Waals surface area contributed by atoms with E-state index in [2.05, 4.69) is 31.0 Å². The maximum Gasteiger partial charge on any atom is 0.416 e. The molecular formula is C27H31F3N8O2. The maximum absolute atomic E-state index is 13.7. The quantitative estimate of drug-likeness (QED) is 0.307. The van der Waals surface area contributed by atoms with E-state index >= 15 is 0 Å². The number of hydrogen-bond acceptors (Lipinski definition) is 7. The monoisotopic (exact) mass is 556 g/mol. The number of anilines is 1. The van der Waals surface area contributed by atoms with E-state index in [1.807, 2.05) is 27.8 Å². The van der Waals surface area contributed by atoms with Crippen LogP contribution < -0.4 is 15.4 Å². The summed E-state index contributed by atoms with van der Waals surface area (Å²) in [4.78, 5) is 17.6. The summed E-state index contributed by atoms with van der Waals surface area (Å²) < 4.78 is 49.8. The molecule has 0 atom stereocenters. The number of amides is 1. The summed E-state index contributed by atoms with van der Waals surface area (Å²) in [5.74, 6) is -0.213. The number of halogens is 3. The zero-order chi connectivity index (χ0) is 29.2. The molecule has 0 saturated heterocycles. The van der Waals surface area contributed by atoms with Crippen LogP contribution in [0.25, 0.3) is 16.9 Å². The molecule has 40 heavy (non-hydrogen) atoms. The molecule has 13 heteroatoms. The summed E-state index contributed by atoms with van der Waals surface area (Å²) in [6.07, 6.45) is 0.118. The van der Waals surface area contributed by atoms with Crippen LogP contribution in [-0.2, 0) is 19.8 Å². The van der Waals surface area contributed by atoms with Crippen molar-refractivity contribution in [3.05, 3.63) is 64.9 Å². The van der Waals surface area contributed by atoms with Gasteiger partial charge >= 0.3 is 6.18 Å². The summed E-state index contributed by atoms with van der Waals surface area (Å²) in [6, 6.07) is 3.45. The summed E-state index contributed by atoms with van der Waals surface area (Å²) >= 11 is 0. The highest BCUT2D eigenvalue weighted by molar-refractivity contribution is 6.05. The van der Waals surface area contributed by atoms with E-state index in [0.29, 0.717) is 29.5 Å². The van der Waals surface area contributed by atoms with Gasteiger partial charge in [0, 0.05) is 36.6 Å². The first-order chi connectivity index (χ1) is 18.9. The van der Waals surface area contributed by atoms with Crippen LogP contribution in [0, 0.1) is 19.8 Å².